The van der Waals surface area contributed by atoms with Crippen molar-refractivity contribution in [2.24, 2.45) is 5.73 Å². The number of aliphatic hydroxyl groups is 1. The van der Waals surface area contributed by atoms with Crippen LogP contribution >= 0.6 is 0 Å². The van der Waals surface area contributed by atoms with Gasteiger partial charge in [0.2, 0.25) is 11.9 Å². The highest BCUT2D eigenvalue weighted by Gasteiger charge is 2.45. The predicted molar refractivity (Wildman–Crippen MR) is 119 cm³/mol. The van der Waals surface area contributed by atoms with Crippen molar-refractivity contribution in [1.82, 2.24) is 9.97 Å². The number of nitrogens with zero attached hydrogens (tertiary/aromatic N) is 3. The lowest BCUT2D eigenvalue weighted by molar-refractivity contribution is 0.100. The van der Waals surface area contributed by atoms with Crippen LogP contribution in [0.5, 0.6) is 0 Å². The number of carbonyl (C=O) groups is 1. The number of benzene rings is 1. The van der Waals surface area contributed by atoms with E-state index in [0.29, 0.717) is 18.1 Å². The molecule has 0 radical (unpaired) electrons. The molecule has 1 aromatic heterocycles. The summed E-state index contributed by atoms with van der Waals surface area (Å²) in [6, 6.07) is 5.69. The number of anilines is 2. The van der Waals surface area contributed by atoms with E-state index in [1.807, 2.05) is 12.1 Å². The summed E-state index contributed by atoms with van der Waals surface area (Å²) in [6.45, 7) is 2.99. The Morgan fingerprint density at radius 1 is 1.23 bits per heavy atom. The number of β-amino-alcohol motifs (C(OH)–C–C–N with tert-alkyl or cyclic N) is 1. The topological polar surface area (TPSA) is 116 Å². The maximum absolute atomic E-state index is 12.6. The number of aryl methyl sites for hydroxylation is 1. The summed E-state index contributed by atoms with van der Waals surface area (Å²) in [7, 11) is 0. The summed E-state index contributed by atoms with van der Waals surface area (Å²) in [5.41, 5.74) is 10.0. The van der Waals surface area contributed by atoms with Crippen molar-refractivity contribution in [1.29, 1.82) is 0 Å². The zero-order valence-corrected chi connectivity index (χ0v) is 17.7. The molecule has 5 rings (SSSR count). The Labute approximate surface area is 181 Å². The molecule has 3 aliphatic rings. The van der Waals surface area contributed by atoms with Crippen LogP contribution < -0.4 is 21.1 Å². The number of primary amides is 1. The number of hydrogen-bond acceptors (Lipinski definition) is 6. The maximum Gasteiger partial charge on any atom is 0.255 e. The lowest BCUT2D eigenvalue weighted by atomic mass is 9.74. The van der Waals surface area contributed by atoms with Crippen LogP contribution in [0.25, 0.3) is 0 Å². The van der Waals surface area contributed by atoms with Gasteiger partial charge in [0.15, 0.2) is 0 Å². The van der Waals surface area contributed by atoms with Crippen molar-refractivity contribution in [3.05, 3.63) is 50.9 Å². The molecule has 1 spiro atoms. The lowest BCUT2D eigenvalue weighted by Crippen LogP contribution is -2.46. The smallest absolute Gasteiger partial charge is 0.255 e. The number of aromatic amines is 1. The van der Waals surface area contributed by atoms with Crippen molar-refractivity contribution in [2.45, 2.75) is 43.9 Å². The SMILES string of the molecule is NC(=O)c1ccc2c(c1)N(CCO)CC21CCN(c2nc3c(c(=O)[nH]2)CCCC3)CC1. The van der Waals surface area contributed by atoms with E-state index in [4.69, 9.17) is 10.7 Å². The van der Waals surface area contributed by atoms with Crippen LogP contribution in [0.2, 0.25) is 0 Å². The summed E-state index contributed by atoms with van der Waals surface area (Å²) < 4.78 is 0. The lowest BCUT2D eigenvalue weighted by Gasteiger charge is -2.40. The molecule has 0 unspecified atom stereocenters. The van der Waals surface area contributed by atoms with E-state index in [1.54, 1.807) is 6.07 Å². The molecule has 3 heterocycles. The summed E-state index contributed by atoms with van der Waals surface area (Å²) in [5, 5.41) is 9.55. The minimum Gasteiger partial charge on any atom is -0.395 e. The molecule has 0 atom stereocenters. The van der Waals surface area contributed by atoms with Crippen LogP contribution in [0, 0.1) is 0 Å². The van der Waals surface area contributed by atoms with Crippen molar-refractivity contribution in [3.8, 4) is 0 Å². The third-order valence-corrected chi connectivity index (χ3v) is 7.26. The Hall–Kier alpha value is -2.87. The molecule has 1 fully saturated rings. The highest BCUT2D eigenvalue weighted by Crippen LogP contribution is 2.47. The predicted octanol–water partition coefficient (Wildman–Crippen LogP) is 1.10. The number of carbonyl (C=O) groups excluding carboxylic acids is 1. The number of nitrogens with one attached hydrogen (secondary N) is 1. The number of rotatable bonds is 4. The van der Waals surface area contributed by atoms with E-state index in [0.717, 1.165) is 75.1 Å². The summed E-state index contributed by atoms with van der Waals surface area (Å²) in [4.78, 5) is 36.4. The number of fused-ring (bicyclic) bond motifs is 3. The average molecular weight is 424 g/mol. The molecule has 2 aromatic rings. The molecule has 4 N–H and O–H groups in total. The second-order valence-corrected chi connectivity index (χ2v) is 9.03. The average Bonchev–Trinajstić information content (AvgIpc) is 3.07. The molecule has 1 aromatic carbocycles. The Balaban J connectivity index is 1.41. The monoisotopic (exact) mass is 423 g/mol. The number of nitrogens with two attached hydrogens (primary N) is 1. The Bertz CT molecular complexity index is 1070. The van der Waals surface area contributed by atoms with Gasteiger partial charge in [-0.3, -0.25) is 14.6 Å². The van der Waals surface area contributed by atoms with Crippen molar-refractivity contribution >= 4 is 17.5 Å². The third-order valence-electron chi connectivity index (χ3n) is 7.26. The first kappa shape index (κ1) is 20.1. The molecule has 164 valence electrons. The molecule has 31 heavy (non-hydrogen) atoms. The van der Waals surface area contributed by atoms with Gasteiger partial charge in [-0.05, 0) is 56.2 Å². The number of H-pyrrole nitrogens is 1. The molecule has 1 aliphatic carbocycles. The summed E-state index contributed by atoms with van der Waals surface area (Å²) >= 11 is 0. The zero-order valence-electron chi connectivity index (χ0n) is 17.7. The van der Waals surface area contributed by atoms with Crippen LogP contribution in [-0.2, 0) is 18.3 Å². The second-order valence-electron chi connectivity index (χ2n) is 9.03. The minimum atomic E-state index is -0.440. The van der Waals surface area contributed by atoms with Gasteiger partial charge in [-0.25, -0.2) is 4.98 Å². The van der Waals surface area contributed by atoms with E-state index >= 15 is 0 Å². The normalized spacial score (nSPS) is 19.4. The zero-order chi connectivity index (χ0) is 21.6. The van der Waals surface area contributed by atoms with E-state index in [9.17, 15) is 14.7 Å². The van der Waals surface area contributed by atoms with E-state index in [2.05, 4.69) is 14.8 Å². The fourth-order valence-corrected chi connectivity index (χ4v) is 5.56. The second kappa shape index (κ2) is 7.67. The molecule has 0 saturated carbocycles. The maximum atomic E-state index is 12.6. The van der Waals surface area contributed by atoms with Gasteiger partial charge in [-0.1, -0.05) is 6.07 Å². The largest absolute Gasteiger partial charge is 0.395 e. The molecule has 2 aliphatic heterocycles. The van der Waals surface area contributed by atoms with Gasteiger partial charge in [0.05, 0.1) is 12.3 Å². The van der Waals surface area contributed by atoms with E-state index in [-0.39, 0.29) is 17.6 Å². The van der Waals surface area contributed by atoms with Gasteiger partial charge >= 0.3 is 0 Å². The number of aromatic nitrogens is 2. The van der Waals surface area contributed by atoms with Crippen LogP contribution in [0.15, 0.2) is 23.0 Å². The Morgan fingerprint density at radius 3 is 2.74 bits per heavy atom. The molecular formula is C23H29N5O3. The quantitative estimate of drug-likeness (QED) is 0.678. The first-order valence-electron chi connectivity index (χ1n) is 11.2. The van der Waals surface area contributed by atoms with Gasteiger partial charge in [0, 0.05) is 48.4 Å². The van der Waals surface area contributed by atoms with Crippen LogP contribution in [0.4, 0.5) is 11.6 Å². The number of aliphatic hydroxyl groups excluding tert-OH is 1. The third kappa shape index (κ3) is 3.39. The first-order chi connectivity index (χ1) is 15.0. The van der Waals surface area contributed by atoms with E-state index < -0.39 is 5.91 Å². The molecule has 1 saturated heterocycles. The van der Waals surface area contributed by atoms with Crippen LogP contribution in [0.3, 0.4) is 0 Å². The van der Waals surface area contributed by atoms with Crippen molar-refractivity contribution in [3.63, 3.8) is 0 Å². The molecular weight excluding hydrogens is 394 g/mol. The van der Waals surface area contributed by atoms with Crippen molar-refractivity contribution < 1.29 is 9.90 Å². The number of hydrogen-bond donors (Lipinski definition) is 3. The fraction of sp³-hybridized carbons (Fsp3) is 0.522. The highest BCUT2D eigenvalue weighted by molar-refractivity contribution is 5.94. The number of amides is 1. The molecule has 0 bridgehead atoms. The summed E-state index contributed by atoms with van der Waals surface area (Å²) in [5.74, 6) is 0.250. The van der Waals surface area contributed by atoms with Crippen LogP contribution in [-0.4, -0.2) is 53.8 Å². The van der Waals surface area contributed by atoms with Gasteiger partial charge in [0.25, 0.3) is 5.56 Å². The van der Waals surface area contributed by atoms with Gasteiger partial charge in [-0.2, -0.15) is 0 Å². The number of piperidine rings is 1. The van der Waals surface area contributed by atoms with Gasteiger partial charge in [0.1, 0.15) is 0 Å². The molecule has 8 nitrogen and oxygen atoms in total. The Morgan fingerprint density at radius 2 is 2.00 bits per heavy atom. The van der Waals surface area contributed by atoms with Gasteiger partial charge < -0.3 is 20.6 Å². The Kier molecular flexibility index (Phi) is 4.97. The van der Waals surface area contributed by atoms with Crippen LogP contribution in [0.1, 0.15) is 52.9 Å². The molecule has 8 heteroatoms. The molecule has 1 amide bonds. The standard InChI is InChI=1S/C23H29N5O3/c24-20(30)15-5-6-17-19(13-15)28(11-12-29)14-23(17)7-9-27(10-8-23)22-25-18-4-2-1-3-16(18)21(31)26-22/h5-6,13,29H,1-4,7-12,14H2,(H2,24,30)(H,25,26,31). The fourth-order valence-electron chi connectivity index (χ4n) is 5.56. The highest BCUT2D eigenvalue weighted by atomic mass is 16.3. The first-order valence-corrected chi connectivity index (χ1v) is 11.2. The minimum absolute atomic E-state index is 0.0132. The summed E-state index contributed by atoms with van der Waals surface area (Å²) in [6.07, 6.45) is 5.69. The van der Waals surface area contributed by atoms with Crippen molar-refractivity contribution in [2.75, 3.05) is 42.6 Å². The van der Waals surface area contributed by atoms with E-state index in [1.165, 1.54) is 5.56 Å². The van der Waals surface area contributed by atoms with Gasteiger partial charge in [-0.15, -0.1) is 0 Å².